The number of benzene rings is 2. The van der Waals surface area contributed by atoms with Crippen molar-refractivity contribution in [3.05, 3.63) is 76.5 Å². The summed E-state index contributed by atoms with van der Waals surface area (Å²) >= 11 is 0. The summed E-state index contributed by atoms with van der Waals surface area (Å²) < 4.78 is 3.66. The molecule has 2 aromatic heterocycles. The Morgan fingerprint density at radius 3 is 2.38 bits per heavy atom. The lowest BCUT2D eigenvalue weighted by Gasteiger charge is -2.10. The van der Waals surface area contributed by atoms with Gasteiger partial charge in [-0.3, -0.25) is 9.13 Å². The second-order valence-corrected chi connectivity index (χ2v) is 7.34. The van der Waals surface area contributed by atoms with Crippen LogP contribution in [0.4, 0.5) is 0 Å². The maximum atomic E-state index is 12.8. The van der Waals surface area contributed by atoms with Crippen LogP contribution in [0.25, 0.3) is 22.5 Å². The molecule has 148 valence electrons. The zero-order valence-electron chi connectivity index (χ0n) is 16.8. The van der Waals surface area contributed by atoms with Crippen LogP contribution in [-0.2, 0) is 13.0 Å². The van der Waals surface area contributed by atoms with Gasteiger partial charge in [0.05, 0.1) is 6.54 Å². The van der Waals surface area contributed by atoms with Crippen molar-refractivity contribution in [2.45, 2.75) is 39.8 Å². The Bertz CT molecular complexity index is 1150. The molecule has 0 saturated heterocycles. The quantitative estimate of drug-likeness (QED) is 0.546. The zero-order chi connectivity index (χ0) is 20.4. The van der Waals surface area contributed by atoms with Gasteiger partial charge in [0.2, 0.25) is 0 Å². The molecule has 0 aliphatic heterocycles. The summed E-state index contributed by atoms with van der Waals surface area (Å²) in [7, 11) is 0. The summed E-state index contributed by atoms with van der Waals surface area (Å²) in [6.07, 6.45) is 2.80. The Morgan fingerprint density at radius 2 is 1.76 bits per heavy atom. The van der Waals surface area contributed by atoms with Crippen molar-refractivity contribution in [1.29, 1.82) is 0 Å². The largest absolute Gasteiger partial charge is 0.328 e. The zero-order valence-corrected chi connectivity index (χ0v) is 16.8. The molecule has 4 rings (SSSR count). The Hall–Kier alpha value is -3.48. The number of aromatic amines is 1. The van der Waals surface area contributed by atoms with Crippen LogP contribution in [0.3, 0.4) is 0 Å². The lowest BCUT2D eigenvalue weighted by molar-refractivity contribution is 0.560. The number of imidazole rings is 1. The summed E-state index contributed by atoms with van der Waals surface area (Å²) in [5, 5.41) is 14.2. The van der Waals surface area contributed by atoms with Crippen LogP contribution in [0, 0.1) is 0 Å². The molecule has 0 aliphatic rings. The highest BCUT2D eigenvalue weighted by molar-refractivity contribution is 5.80. The maximum absolute atomic E-state index is 12.8. The Balaban J connectivity index is 1.65. The van der Waals surface area contributed by atoms with Crippen molar-refractivity contribution in [3.63, 3.8) is 0 Å². The number of nitrogens with zero attached hydrogens (tertiary/aromatic N) is 5. The molecule has 0 saturated carbocycles. The third-order valence-electron chi connectivity index (χ3n) is 5.14. The minimum absolute atomic E-state index is 0.0455. The Kier molecular flexibility index (Phi) is 5.12. The van der Waals surface area contributed by atoms with Crippen molar-refractivity contribution < 1.29 is 0 Å². The van der Waals surface area contributed by atoms with Gasteiger partial charge in [-0.15, -0.1) is 5.10 Å². The Morgan fingerprint density at radius 1 is 1.03 bits per heavy atom. The highest BCUT2D eigenvalue weighted by atomic mass is 16.1. The minimum atomic E-state index is 0.0455. The van der Waals surface area contributed by atoms with Gasteiger partial charge in [-0.05, 0) is 47.4 Å². The van der Waals surface area contributed by atoms with E-state index in [4.69, 9.17) is 0 Å². The number of hydrogen-bond acceptors (Lipinski definition) is 4. The van der Waals surface area contributed by atoms with E-state index in [1.54, 1.807) is 4.57 Å². The molecule has 7 nitrogen and oxygen atoms in total. The number of tetrazole rings is 1. The van der Waals surface area contributed by atoms with E-state index >= 15 is 0 Å². The molecular weight excluding hydrogens is 364 g/mol. The van der Waals surface area contributed by atoms with Crippen LogP contribution in [0.5, 0.6) is 0 Å². The van der Waals surface area contributed by atoms with Gasteiger partial charge < -0.3 is 0 Å². The average Bonchev–Trinajstić information content (AvgIpc) is 3.38. The number of rotatable bonds is 6. The van der Waals surface area contributed by atoms with Gasteiger partial charge in [-0.1, -0.05) is 55.5 Å². The fourth-order valence-corrected chi connectivity index (χ4v) is 3.56. The fourth-order valence-electron chi connectivity index (χ4n) is 3.56. The SMILES string of the molecule is CCc1cn(C(C)C)c(=O)n1Cc1ccc(-c2ccccc2-c2nnn[nH]2)cc1. The van der Waals surface area contributed by atoms with Gasteiger partial charge in [0.25, 0.3) is 0 Å². The highest BCUT2D eigenvalue weighted by Gasteiger charge is 2.13. The van der Waals surface area contributed by atoms with Crippen LogP contribution in [-0.4, -0.2) is 29.8 Å². The van der Waals surface area contributed by atoms with Crippen LogP contribution in [0.15, 0.2) is 59.5 Å². The van der Waals surface area contributed by atoms with Gasteiger partial charge >= 0.3 is 5.69 Å². The van der Waals surface area contributed by atoms with Crippen molar-refractivity contribution in [3.8, 4) is 22.5 Å². The molecule has 4 aromatic rings. The van der Waals surface area contributed by atoms with Gasteiger partial charge in [-0.25, -0.2) is 9.89 Å². The number of nitrogens with one attached hydrogen (secondary N) is 1. The second kappa shape index (κ2) is 7.87. The predicted octanol–water partition coefficient (Wildman–Crippen LogP) is 3.69. The third-order valence-corrected chi connectivity index (χ3v) is 5.14. The smallest absolute Gasteiger partial charge is 0.296 e. The van der Waals surface area contributed by atoms with Crippen molar-refractivity contribution in [2.24, 2.45) is 0 Å². The summed E-state index contributed by atoms with van der Waals surface area (Å²) in [5.41, 5.74) is 5.26. The molecule has 29 heavy (non-hydrogen) atoms. The normalized spacial score (nSPS) is 11.3. The Labute approximate surface area is 169 Å². The van der Waals surface area contributed by atoms with E-state index in [0.29, 0.717) is 12.4 Å². The third kappa shape index (κ3) is 3.63. The first-order valence-electron chi connectivity index (χ1n) is 9.81. The fraction of sp³-hybridized carbons (Fsp3) is 0.273. The monoisotopic (exact) mass is 388 g/mol. The molecule has 0 spiro atoms. The van der Waals surface area contributed by atoms with E-state index in [0.717, 1.165) is 34.4 Å². The van der Waals surface area contributed by atoms with E-state index in [9.17, 15) is 4.79 Å². The lowest BCUT2D eigenvalue weighted by Crippen LogP contribution is -2.26. The van der Waals surface area contributed by atoms with Crippen molar-refractivity contribution >= 4 is 0 Å². The van der Waals surface area contributed by atoms with Gasteiger partial charge in [0, 0.05) is 23.5 Å². The van der Waals surface area contributed by atoms with E-state index in [-0.39, 0.29) is 11.7 Å². The van der Waals surface area contributed by atoms with Crippen molar-refractivity contribution in [2.75, 3.05) is 0 Å². The molecule has 2 aromatic carbocycles. The molecule has 0 fully saturated rings. The molecule has 2 heterocycles. The molecule has 7 heteroatoms. The van der Waals surface area contributed by atoms with Crippen LogP contribution in [0.2, 0.25) is 0 Å². The molecule has 0 bridgehead atoms. The van der Waals surface area contributed by atoms with Crippen LogP contribution in [0.1, 0.15) is 38.1 Å². The molecule has 0 amide bonds. The van der Waals surface area contributed by atoms with Crippen molar-refractivity contribution in [1.82, 2.24) is 29.8 Å². The molecular formula is C22H24N6O. The molecule has 0 atom stereocenters. The minimum Gasteiger partial charge on any atom is -0.296 e. The first-order valence-corrected chi connectivity index (χ1v) is 9.81. The first kappa shape index (κ1) is 18.9. The number of aromatic nitrogens is 6. The predicted molar refractivity (Wildman–Crippen MR) is 113 cm³/mol. The summed E-state index contributed by atoms with van der Waals surface area (Å²) in [4.78, 5) is 12.8. The summed E-state index contributed by atoms with van der Waals surface area (Å²) in [5.74, 6) is 0.638. The maximum Gasteiger partial charge on any atom is 0.328 e. The molecule has 0 radical (unpaired) electrons. The summed E-state index contributed by atoms with van der Waals surface area (Å²) in [6.45, 7) is 6.70. The second-order valence-electron chi connectivity index (χ2n) is 7.34. The highest BCUT2D eigenvalue weighted by Crippen LogP contribution is 2.29. The van der Waals surface area contributed by atoms with Crippen LogP contribution >= 0.6 is 0 Å². The van der Waals surface area contributed by atoms with E-state index in [2.05, 4.69) is 57.9 Å². The summed E-state index contributed by atoms with van der Waals surface area (Å²) in [6, 6.07) is 16.5. The van der Waals surface area contributed by atoms with E-state index in [1.165, 1.54) is 0 Å². The topological polar surface area (TPSA) is 81.4 Å². The number of hydrogen-bond donors (Lipinski definition) is 1. The van der Waals surface area contributed by atoms with E-state index in [1.807, 2.05) is 42.8 Å². The standard InChI is InChI=1S/C22H24N6O/c1-4-18-14-27(15(2)3)22(29)28(18)13-16-9-11-17(12-10-16)19-7-5-6-8-20(19)21-23-25-26-24-21/h5-12,14-15H,4,13H2,1-3H3,(H,23,24,25,26). The first-order chi connectivity index (χ1) is 14.1. The molecule has 0 aliphatic carbocycles. The molecule has 1 N–H and O–H groups in total. The molecule has 0 unspecified atom stereocenters. The number of aryl methyl sites for hydroxylation is 1. The van der Waals surface area contributed by atoms with Gasteiger partial charge in [0.15, 0.2) is 5.82 Å². The van der Waals surface area contributed by atoms with E-state index < -0.39 is 0 Å². The van der Waals surface area contributed by atoms with Gasteiger partial charge in [0.1, 0.15) is 0 Å². The van der Waals surface area contributed by atoms with Crippen LogP contribution < -0.4 is 5.69 Å². The number of H-pyrrole nitrogens is 1. The average molecular weight is 388 g/mol. The van der Waals surface area contributed by atoms with Gasteiger partial charge in [-0.2, -0.15) is 0 Å². The lowest BCUT2D eigenvalue weighted by atomic mass is 9.98.